The summed E-state index contributed by atoms with van der Waals surface area (Å²) in [5.41, 5.74) is 0.555. The van der Waals surface area contributed by atoms with Crippen molar-refractivity contribution in [1.29, 1.82) is 0 Å². The van der Waals surface area contributed by atoms with Crippen LogP contribution >= 0.6 is 15.9 Å². The molecule has 0 unspecified atom stereocenters. The van der Waals surface area contributed by atoms with E-state index in [4.69, 9.17) is 0 Å². The van der Waals surface area contributed by atoms with Crippen LogP contribution in [-0.4, -0.2) is 20.9 Å². The van der Waals surface area contributed by atoms with Gasteiger partial charge in [0.05, 0.1) is 22.0 Å². The average Bonchev–Trinajstić information content (AvgIpc) is 2.54. The van der Waals surface area contributed by atoms with Crippen LogP contribution in [0.15, 0.2) is 10.7 Å². The second kappa shape index (κ2) is 2.32. The maximum atomic E-state index is 9.56. The number of rotatable bonds is 2. The van der Waals surface area contributed by atoms with E-state index in [-0.39, 0.29) is 0 Å². The molecule has 2 N–H and O–H groups in total. The summed E-state index contributed by atoms with van der Waals surface area (Å²) in [4.78, 5) is 0. The minimum Gasteiger partial charge on any atom is -0.389 e. The summed E-state index contributed by atoms with van der Waals surface area (Å²) >= 11 is 3.34. The fourth-order valence-electron chi connectivity index (χ4n) is 1.07. The molecular weight excluding hydrogens is 208 g/mol. The molecule has 0 bridgehead atoms. The fourth-order valence-corrected chi connectivity index (χ4v) is 1.40. The van der Waals surface area contributed by atoms with E-state index in [1.807, 2.05) is 0 Å². The molecule has 1 fully saturated rings. The van der Waals surface area contributed by atoms with Gasteiger partial charge in [0.25, 0.3) is 0 Å². The molecule has 1 saturated carbocycles. The van der Waals surface area contributed by atoms with E-state index >= 15 is 0 Å². The molecule has 4 heteroatoms. The van der Waals surface area contributed by atoms with Crippen LogP contribution < -0.4 is 0 Å². The molecular formula is C7H9BrN2O. The van der Waals surface area contributed by atoms with Crippen LogP contribution in [0.3, 0.4) is 0 Å². The molecule has 1 heterocycles. The number of nitrogens with one attached hydrogen (secondary N) is 1. The van der Waals surface area contributed by atoms with Crippen molar-refractivity contribution in [3.8, 4) is 0 Å². The van der Waals surface area contributed by atoms with Crippen LogP contribution in [0, 0.1) is 0 Å². The number of nitrogens with zero attached hydrogens (tertiary/aromatic N) is 1. The first-order chi connectivity index (χ1) is 5.20. The van der Waals surface area contributed by atoms with Gasteiger partial charge in [-0.05, 0) is 28.8 Å². The molecule has 1 aliphatic carbocycles. The van der Waals surface area contributed by atoms with Crippen molar-refractivity contribution in [3.63, 3.8) is 0 Å². The number of hydrogen-bond donors (Lipinski definition) is 2. The lowest BCUT2D eigenvalue weighted by molar-refractivity contribution is 0.149. The van der Waals surface area contributed by atoms with E-state index in [2.05, 4.69) is 26.1 Å². The number of aliphatic hydroxyl groups is 1. The van der Waals surface area contributed by atoms with Gasteiger partial charge in [0.15, 0.2) is 0 Å². The summed E-state index contributed by atoms with van der Waals surface area (Å²) in [7, 11) is 0. The van der Waals surface area contributed by atoms with Crippen molar-refractivity contribution in [1.82, 2.24) is 10.2 Å². The molecule has 1 aromatic heterocycles. The zero-order valence-corrected chi connectivity index (χ0v) is 7.56. The highest BCUT2D eigenvalue weighted by Gasteiger charge is 2.40. The van der Waals surface area contributed by atoms with Gasteiger partial charge in [0, 0.05) is 6.42 Å². The topological polar surface area (TPSA) is 48.9 Å². The maximum absolute atomic E-state index is 9.56. The van der Waals surface area contributed by atoms with Gasteiger partial charge in [-0.2, -0.15) is 5.10 Å². The predicted molar refractivity (Wildman–Crippen MR) is 44.2 cm³/mol. The Bertz CT molecular complexity index is 267. The molecule has 1 aromatic rings. The van der Waals surface area contributed by atoms with Crippen LogP contribution in [0.4, 0.5) is 0 Å². The highest BCUT2D eigenvalue weighted by molar-refractivity contribution is 9.10. The van der Waals surface area contributed by atoms with E-state index in [1.54, 1.807) is 6.20 Å². The molecule has 0 saturated heterocycles. The van der Waals surface area contributed by atoms with E-state index in [0.717, 1.165) is 23.0 Å². The van der Waals surface area contributed by atoms with E-state index in [0.29, 0.717) is 6.42 Å². The number of halogens is 1. The van der Waals surface area contributed by atoms with Crippen molar-refractivity contribution in [2.24, 2.45) is 0 Å². The Hall–Kier alpha value is -0.350. The SMILES string of the molecule is OC1(Cc2[nH]ncc2Br)CC1. The minimum absolute atomic E-state index is 0.435. The van der Waals surface area contributed by atoms with Crippen molar-refractivity contribution in [2.75, 3.05) is 0 Å². The van der Waals surface area contributed by atoms with Crippen LogP contribution in [-0.2, 0) is 6.42 Å². The second-order valence-electron chi connectivity index (χ2n) is 3.10. The molecule has 2 rings (SSSR count). The predicted octanol–water partition coefficient (Wildman–Crippen LogP) is 1.24. The molecule has 3 nitrogen and oxygen atoms in total. The number of hydrogen-bond acceptors (Lipinski definition) is 2. The molecule has 0 radical (unpaired) electrons. The third kappa shape index (κ3) is 1.46. The molecule has 0 aromatic carbocycles. The molecule has 0 spiro atoms. The summed E-state index contributed by atoms with van der Waals surface area (Å²) in [6.45, 7) is 0. The zero-order chi connectivity index (χ0) is 7.90. The van der Waals surface area contributed by atoms with Gasteiger partial charge >= 0.3 is 0 Å². The van der Waals surface area contributed by atoms with Gasteiger partial charge in [-0.25, -0.2) is 0 Å². The highest BCUT2D eigenvalue weighted by Crippen LogP contribution is 2.38. The lowest BCUT2D eigenvalue weighted by Crippen LogP contribution is -2.11. The first kappa shape index (κ1) is 7.31. The van der Waals surface area contributed by atoms with Crippen LogP contribution in [0.2, 0.25) is 0 Å². The maximum Gasteiger partial charge on any atom is 0.0705 e. The third-order valence-electron chi connectivity index (χ3n) is 2.00. The Balaban J connectivity index is 2.12. The molecule has 1 aliphatic rings. The lowest BCUT2D eigenvalue weighted by atomic mass is 10.2. The monoisotopic (exact) mass is 216 g/mol. The van der Waals surface area contributed by atoms with Gasteiger partial charge in [-0.1, -0.05) is 0 Å². The average molecular weight is 217 g/mol. The zero-order valence-electron chi connectivity index (χ0n) is 5.97. The number of aromatic amines is 1. The van der Waals surface area contributed by atoms with Crippen molar-refractivity contribution < 1.29 is 5.11 Å². The summed E-state index contributed by atoms with van der Waals surface area (Å²) in [5.74, 6) is 0. The molecule has 11 heavy (non-hydrogen) atoms. The number of H-pyrrole nitrogens is 1. The van der Waals surface area contributed by atoms with Crippen LogP contribution in [0.1, 0.15) is 18.5 Å². The molecule has 60 valence electrons. The minimum atomic E-state index is -0.435. The van der Waals surface area contributed by atoms with Gasteiger partial charge < -0.3 is 5.11 Å². The normalized spacial score (nSPS) is 20.2. The van der Waals surface area contributed by atoms with Crippen molar-refractivity contribution in [3.05, 3.63) is 16.4 Å². The summed E-state index contributed by atoms with van der Waals surface area (Å²) < 4.78 is 0.956. The van der Waals surface area contributed by atoms with Crippen LogP contribution in [0.25, 0.3) is 0 Å². The Morgan fingerprint density at radius 2 is 2.45 bits per heavy atom. The quantitative estimate of drug-likeness (QED) is 0.782. The third-order valence-corrected chi connectivity index (χ3v) is 2.68. The van der Waals surface area contributed by atoms with Crippen LogP contribution in [0.5, 0.6) is 0 Å². The Morgan fingerprint density at radius 3 is 2.91 bits per heavy atom. The van der Waals surface area contributed by atoms with E-state index < -0.39 is 5.60 Å². The molecule has 0 atom stereocenters. The Labute approximate surface area is 72.9 Å². The fraction of sp³-hybridized carbons (Fsp3) is 0.571. The van der Waals surface area contributed by atoms with Crippen molar-refractivity contribution >= 4 is 15.9 Å². The Kier molecular flexibility index (Phi) is 1.54. The van der Waals surface area contributed by atoms with Gasteiger partial charge in [-0.3, -0.25) is 5.10 Å². The van der Waals surface area contributed by atoms with E-state index in [9.17, 15) is 5.11 Å². The molecule has 0 amide bonds. The van der Waals surface area contributed by atoms with Gasteiger partial charge in [-0.15, -0.1) is 0 Å². The van der Waals surface area contributed by atoms with E-state index in [1.165, 1.54) is 0 Å². The first-order valence-electron chi connectivity index (χ1n) is 3.60. The molecule has 0 aliphatic heterocycles. The summed E-state index contributed by atoms with van der Waals surface area (Å²) in [6, 6.07) is 0. The highest BCUT2D eigenvalue weighted by atomic mass is 79.9. The smallest absolute Gasteiger partial charge is 0.0705 e. The van der Waals surface area contributed by atoms with Gasteiger partial charge in [0.1, 0.15) is 0 Å². The summed E-state index contributed by atoms with van der Waals surface area (Å²) in [5, 5.41) is 16.3. The van der Waals surface area contributed by atoms with Crippen molar-refractivity contribution in [2.45, 2.75) is 24.9 Å². The number of aromatic nitrogens is 2. The lowest BCUT2D eigenvalue weighted by Gasteiger charge is -2.04. The summed E-state index contributed by atoms with van der Waals surface area (Å²) in [6.07, 6.45) is 4.23. The standard InChI is InChI=1S/C7H9BrN2O/c8-5-4-9-10-6(5)3-7(11)1-2-7/h4,11H,1-3H2,(H,9,10). The second-order valence-corrected chi connectivity index (χ2v) is 3.95. The van der Waals surface area contributed by atoms with Gasteiger partial charge in [0.2, 0.25) is 0 Å². The Morgan fingerprint density at radius 1 is 1.73 bits per heavy atom. The first-order valence-corrected chi connectivity index (χ1v) is 4.39. The largest absolute Gasteiger partial charge is 0.389 e.